The van der Waals surface area contributed by atoms with Crippen molar-refractivity contribution < 1.29 is 19.1 Å². The molecule has 1 aromatic heterocycles. The molecule has 0 unspecified atom stereocenters. The van der Waals surface area contributed by atoms with Gasteiger partial charge < -0.3 is 20.3 Å². The zero-order valence-electron chi connectivity index (χ0n) is 23.6. The molecule has 0 aliphatic carbocycles. The van der Waals surface area contributed by atoms with Crippen molar-refractivity contribution in [1.82, 2.24) is 20.4 Å². The van der Waals surface area contributed by atoms with E-state index in [1.165, 1.54) is 4.88 Å². The van der Waals surface area contributed by atoms with Crippen molar-refractivity contribution in [1.29, 1.82) is 0 Å². The number of amides is 4. The zero-order valence-corrected chi connectivity index (χ0v) is 24.4. The monoisotopic (exact) mass is 572 g/mol. The molecule has 0 spiro atoms. The second kappa shape index (κ2) is 12.6. The lowest BCUT2D eigenvalue weighted by Crippen LogP contribution is -2.49. The number of benzene rings is 2. The summed E-state index contributed by atoms with van der Waals surface area (Å²) >= 11 is 1.66. The van der Waals surface area contributed by atoms with E-state index in [1.807, 2.05) is 92.9 Å². The first-order valence-corrected chi connectivity index (χ1v) is 15.0. The van der Waals surface area contributed by atoms with Crippen molar-refractivity contribution in [3.05, 3.63) is 93.8 Å². The number of likely N-dealkylation sites (N-methyl/N-ethyl adjacent to an activating group) is 1. The summed E-state index contributed by atoms with van der Waals surface area (Å²) in [6.07, 6.45) is 1.27. The lowest BCUT2D eigenvalue weighted by atomic mass is 9.95. The van der Waals surface area contributed by atoms with Crippen LogP contribution in [-0.2, 0) is 16.0 Å². The smallest absolute Gasteiger partial charge is 0.322 e. The molecule has 4 amide bonds. The third kappa shape index (κ3) is 6.30. The van der Waals surface area contributed by atoms with Gasteiger partial charge in [-0.1, -0.05) is 50.2 Å². The van der Waals surface area contributed by atoms with E-state index in [0.717, 1.165) is 12.0 Å². The van der Waals surface area contributed by atoms with Gasteiger partial charge in [-0.15, -0.1) is 11.3 Å². The van der Waals surface area contributed by atoms with Crippen molar-refractivity contribution in [2.24, 2.45) is 5.92 Å². The molecule has 214 valence electrons. The van der Waals surface area contributed by atoms with E-state index in [-0.39, 0.29) is 30.3 Å². The summed E-state index contributed by atoms with van der Waals surface area (Å²) in [5.74, 6) is 1.10. The summed E-state index contributed by atoms with van der Waals surface area (Å²) in [4.78, 5) is 45.3. The molecule has 3 aromatic rings. The summed E-state index contributed by atoms with van der Waals surface area (Å²) in [7, 11) is 0. The molecule has 3 heterocycles. The second-order valence-electron chi connectivity index (χ2n) is 10.7. The first-order chi connectivity index (χ1) is 19.9. The largest absolute Gasteiger partial charge is 0.457 e. The number of hydrogen-bond acceptors (Lipinski definition) is 5. The van der Waals surface area contributed by atoms with Crippen LogP contribution in [0, 0.1) is 5.92 Å². The van der Waals surface area contributed by atoms with Crippen LogP contribution in [0.1, 0.15) is 43.7 Å². The number of ether oxygens (including phenoxy) is 1. The number of para-hydroxylation sites is 1. The molecule has 0 saturated heterocycles. The van der Waals surface area contributed by atoms with Crippen molar-refractivity contribution in [3.8, 4) is 11.5 Å². The molecule has 2 aromatic carbocycles. The van der Waals surface area contributed by atoms with E-state index in [4.69, 9.17) is 4.74 Å². The predicted octanol–water partition coefficient (Wildman–Crippen LogP) is 5.50. The SMILES string of the molecule is CCN1C(=O)N[C@@H](c2cccc(Oc3ccccc3)c2)C2=C1CN([C@H](CC(C)C)C(=O)NCCc1cccs1)C2=O. The molecular formula is C32H36N4O4S. The van der Waals surface area contributed by atoms with Crippen molar-refractivity contribution >= 4 is 29.2 Å². The Morgan fingerprint density at radius 2 is 1.85 bits per heavy atom. The number of nitrogens with zero attached hydrogens (tertiary/aromatic N) is 2. The van der Waals surface area contributed by atoms with Gasteiger partial charge in [0, 0.05) is 18.0 Å². The highest BCUT2D eigenvalue weighted by molar-refractivity contribution is 7.09. The van der Waals surface area contributed by atoms with Gasteiger partial charge in [0.1, 0.15) is 17.5 Å². The van der Waals surface area contributed by atoms with Gasteiger partial charge in [0.2, 0.25) is 5.91 Å². The molecule has 9 heteroatoms. The third-order valence-electron chi connectivity index (χ3n) is 7.36. The molecule has 0 bridgehead atoms. The Kier molecular flexibility index (Phi) is 8.73. The molecule has 2 aliphatic rings. The van der Waals surface area contributed by atoms with E-state index in [0.29, 0.717) is 42.3 Å². The average molecular weight is 573 g/mol. The fourth-order valence-electron chi connectivity index (χ4n) is 5.44. The van der Waals surface area contributed by atoms with Crippen LogP contribution < -0.4 is 15.4 Å². The van der Waals surface area contributed by atoms with Gasteiger partial charge in [0.15, 0.2) is 0 Å². The van der Waals surface area contributed by atoms with Crippen LogP contribution in [0.15, 0.2) is 83.4 Å². The van der Waals surface area contributed by atoms with Gasteiger partial charge >= 0.3 is 6.03 Å². The Hall–Kier alpha value is -4.11. The van der Waals surface area contributed by atoms with Crippen LogP contribution in [-0.4, -0.2) is 53.3 Å². The number of hydrogen-bond donors (Lipinski definition) is 2. The molecule has 2 aliphatic heterocycles. The van der Waals surface area contributed by atoms with Crippen LogP contribution >= 0.6 is 11.3 Å². The normalized spacial score (nSPS) is 17.5. The Labute approximate surface area is 245 Å². The lowest BCUT2D eigenvalue weighted by Gasteiger charge is -2.33. The Morgan fingerprint density at radius 3 is 2.56 bits per heavy atom. The highest BCUT2D eigenvalue weighted by atomic mass is 32.1. The van der Waals surface area contributed by atoms with E-state index >= 15 is 0 Å². The minimum atomic E-state index is -0.654. The zero-order chi connectivity index (χ0) is 28.9. The van der Waals surface area contributed by atoms with Crippen LogP contribution in [0.2, 0.25) is 0 Å². The van der Waals surface area contributed by atoms with Gasteiger partial charge in [-0.05, 0) is 67.0 Å². The minimum Gasteiger partial charge on any atom is -0.457 e. The maximum atomic E-state index is 14.1. The molecule has 2 atom stereocenters. The maximum Gasteiger partial charge on any atom is 0.322 e. The Bertz CT molecular complexity index is 1420. The highest BCUT2D eigenvalue weighted by Gasteiger charge is 2.46. The summed E-state index contributed by atoms with van der Waals surface area (Å²) in [6.45, 7) is 7.10. The van der Waals surface area contributed by atoms with Gasteiger partial charge in [-0.25, -0.2) is 4.79 Å². The van der Waals surface area contributed by atoms with Crippen molar-refractivity contribution in [3.63, 3.8) is 0 Å². The number of carbonyl (C=O) groups excluding carboxylic acids is 3. The fourth-order valence-corrected chi connectivity index (χ4v) is 6.14. The quantitative estimate of drug-likeness (QED) is 0.318. The summed E-state index contributed by atoms with van der Waals surface area (Å²) < 4.78 is 6.03. The molecule has 0 saturated carbocycles. The van der Waals surface area contributed by atoms with Crippen LogP contribution in [0.5, 0.6) is 11.5 Å². The number of thiophene rings is 1. The van der Waals surface area contributed by atoms with Gasteiger partial charge in [0.25, 0.3) is 5.91 Å². The number of carbonyl (C=O) groups is 3. The molecule has 0 radical (unpaired) electrons. The minimum absolute atomic E-state index is 0.166. The van der Waals surface area contributed by atoms with E-state index in [2.05, 4.69) is 10.6 Å². The summed E-state index contributed by atoms with van der Waals surface area (Å²) in [6, 6.07) is 19.4. The van der Waals surface area contributed by atoms with E-state index in [9.17, 15) is 14.4 Å². The number of urea groups is 1. The van der Waals surface area contributed by atoms with E-state index in [1.54, 1.807) is 21.1 Å². The molecule has 8 nitrogen and oxygen atoms in total. The first kappa shape index (κ1) is 28.4. The van der Waals surface area contributed by atoms with Crippen molar-refractivity contribution in [2.75, 3.05) is 19.6 Å². The van der Waals surface area contributed by atoms with Gasteiger partial charge in [-0.3, -0.25) is 14.5 Å². The second-order valence-corrected chi connectivity index (χ2v) is 11.7. The highest BCUT2D eigenvalue weighted by Crippen LogP contribution is 2.38. The predicted molar refractivity (Wildman–Crippen MR) is 160 cm³/mol. The van der Waals surface area contributed by atoms with E-state index < -0.39 is 12.1 Å². The average Bonchev–Trinajstić information content (AvgIpc) is 3.60. The standard InChI is InChI=1S/C32H36N4O4S/c1-4-35-27-20-36(26(18-21(2)3)30(37)33-16-15-25-14-9-17-41-25)31(38)28(27)29(34-32(35)39)22-10-8-13-24(19-22)40-23-11-6-5-7-12-23/h5-14,17,19,21,26,29H,4,15-16,18,20H2,1-3H3,(H,33,37)(H,34,39)/t26-,29+/m1/s1. The van der Waals surface area contributed by atoms with Crippen LogP contribution in [0.3, 0.4) is 0 Å². The maximum absolute atomic E-state index is 14.1. The third-order valence-corrected chi connectivity index (χ3v) is 8.30. The molecule has 0 fully saturated rings. The molecular weight excluding hydrogens is 536 g/mol. The van der Waals surface area contributed by atoms with Gasteiger partial charge in [0.05, 0.1) is 23.9 Å². The number of nitrogens with one attached hydrogen (secondary N) is 2. The Balaban J connectivity index is 1.40. The topological polar surface area (TPSA) is 91.0 Å². The van der Waals surface area contributed by atoms with Crippen molar-refractivity contribution in [2.45, 2.75) is 45.7 Å². The first-order valence-electron chi connectivity index (χ1n) is 14.1. The van der Waals surface area contributed by atoms with Crippen LogP contribution in [0.25, 0.3) is 0 Å². The summed E-state index contributed by atoms with van der Waals surface area (Å²) in [5.41, 5.74) is 1.90. The van der Waals surface area contributed by atoms with Gasteiger partial charge in [-0.2, -0.15) is 0 Å². The molecule has 5 rings (SSSR count). The molecule has 2 N–H and O–H groups in total. The Morgan fingerprint density at radius 1 is 1.07 bits per heavy atom. The summed E-state index contributed by atoms with van der Waals surface area (Å²) in [5, 5.41) is 8.11. The fraction of sp³-hybridized carbons (Fsp3) is 0.344. The molecule has 41 heavy (non-hydrogen) atoms. The lowest BCUT2D eigenvalue weighted by molar-refractivity contribution is -0.137. The van der Waals surface area contributed by atoms with Crippen LogP contribution in [0.4, 0.5) is 4.79 Å². The number of rotatable bonds is 11.